The number of para-hydroxylation sites is 1. The summed E-state index contributed by atoms with van der Waals surface area (Å²) in [7, 11) is 0. The molecule has 1 aromatic heterocycles. The first kappa shape index (κ1) is 20.3. The van der Waals surface area contributed by atoms with Crippen molar-refractivity contribution in [2.24, 2.45) is 0 Å². The number of benzene rings is 1. The van der Waals surface area contributed by atoms with Gasteiger partial charge in [-0.25, -0.2) is 0 Å². The lowest BCUT2D eigenvalue weighted by atomic mass is 10.3. The average Bonchev–Trinajstić information content (AvgIpc) is 3.23. The summed E-state index contributed by atoms with van der Waals surface area (Å²) >= 11 is 7.38. The van der Waals surface area contributed by atoms with Gasteiger partial charge in [-0.1, -0.05) is 29.8 Å². The summed E-state index contributed by atoms with van der Waals surface area (Å²) in [6.07, 6.45) is 0. The molecule has 9 heteroatoms. The van der Waals surface area contributed by atoms with E-state index in [1.807, 2.05) is 16.3 Å². The van der Waals surface area contributed by atoms with E-state index in [1.165, 1.54) is 11.3 Å². The van der Waals surface area contributed by atoms with Crippen molar-refractivity contribution in [2.45, 2.75) is 0 Å². The van der Waals surface area contributed by atoms with Crippen molar-refractivity contribution >= 4 is 46.3 Å². The molecule has 3 amide bonds. The van der Waals surface area contributed by atoms with Crippen molar-refractivity contribution < 1.29 is 14.4 Å². The van der Waals surface area contributed by atoms with Gasteiger partial charge in [-0.05, 0) is 23.6 Å². The van der Waals surface area contributed by atoms with E-state index in [1.54, 1.807) is 35.2 Å². The number of rotatable bonds is 6. The van der Waals surface area contributed by atoms with Crippen molar-refractivity contribution in [3.05, 3.63) is 51.7 Å². The maximum atomic E-state index is 12.3. The lowest BCUT2D eigenvalue weighted by Crippen LogP contribution is -2.52. The molecule has 28 heavy (non-hydrogen) atoms. The van der Waals surface area contributed by atoms with Crippen molar-refractivity contribution in [1.82, 2.24) is 15.1 Å². The van der Waals surface area contributed by atoms with E-state index in [0.717, 1.165) is 0 Å². The molecule has 1 aromatic carbocycles. The van der Waals surface area contributed by atoms with Crippen LogP contribution in [-0.4, -0.2) is 66.8 Å². The first-order valence-electron chi connectivity index (χ1n) is 8.89. The minimum atomic E-state index is -0.238. The van der Waals surface area contributed by atoms with Crippen LogP contribution in [0.5, 0.6) is 0 Å². The van der Waals surface area contributed by atoms with Gasteiger partial charge in [0.1, 0.15) is 0 Å². The Hall–Kier alpha value is -2.42. The highest BCUT2D eigenvalue weighted by Gasteiger charge is 2.23. The zero-order valence-electron chi connectivity index (χ0n) is 15.2. The number of nitrogens with one attached hydrogen (secondary N) is 2. The molecule has 0 spiro atoms. The molecule has 1 saturated heterocycles. The molecule has 0 bridgehead atoms. The normalized spacial score (nSPS) is 14.5. The minimum absolute atomic E-state index is 0.0241. The van der Waals surface area contributed by atoms with Crippen LogP contribution in [0.3, 0.4) is 0 Å². The van der Waals surface area contributed by atoms with Gasteiger partial charge in [0.2, 0.25) is 11.8 Å². The van der Waals surface area contributed by atoms with Crippen LogP contribution in [0, 0.1) is 0 Å². The fourth-order valence-electron chi connectivity index (χ4n) is 2.87. The van der Waals surface area contributed by atoms with E-state index in [4.69, 9.17) is 11.6 Å². The summed E-state index contributed by atoms with van der Waals surface area (Å²) in [5, 5.41) is 7.76. The van der Waals surface area contributed by atoms with Crippen LogP contribution in [0.1, 0.15) is 9.67 Å². The lowest BCUT2D eigenvalue weighted by molar-refractivity contribution is -0.132. The van der Waals surface area contributed by atoms with Crippen LogP contribution in [0.4, 0.5) is 5.69 Å². The largest absolute Gasteiger partial charge is 0.342 e. The van der Waals surface area contributed by atoms with Gasteiger partial charge in [0, 0.05) is 26.2 Å². The number of amides is 3. The second kappa shape index (κ2) is 9.68. The van der Waals surface area contributed by atoms with Gasteiger partial charge in [-0.3, -0.25) is 19.3 Å². The quantitative estimate of drug-likeness (QED) is 0.748. The zero-order chi connectivity index (χ0) is 19.9. The highest BCUT2D eigenvalue weighted by Crippen LogP contribution is 2.20. The predicted molar refractivity (Wildman–Crippen MR) is 110 cm³/mol. The summed E-state index contributed by atoms with van der Waals surface area (Å²) in [4.78, 5) is 40.7. The molecular formula is C19H21ClN4O3S. The number of piperazine rings is 1. The molecule has 3 rings (SSSR count). The van der Waals surface area contributed by atoms with Crippen LogP contribution in [0.25, 0.3) is 0 Å². The standard InChI is InChI=1S/C19H21ClN4O3S/c20-14-4-1-2-5-15(14)22-17(25)13-23-7-9-24(10-8-23)18(26)12-21-19(27)16-6-3-11-28-16/h1-6,11H,7-10,12-13H2,(H,21,27)(H,22,25). The molecule has 0 unspecified atom stereocenters. The minimum Gasteiger partial charge on any atom is -0.342 e. The summed E-state index contributed by atoms with van der Waals surface area (Å²) in [6.45, 7) is 2.45. The van der Waals surface area contributed by atoms with Crippen molar-refractivity contribution in [3.8, 4) is 0 Å². The molecule has 1 fully saturated rings. The number of carbonyl (C=O) groups excluding carboxylic acids is 3. The van der Waals surface area contributed by atoms with Gasteiger partial charge in [-0.15, -0.1) is 11.3 Å². The number of thiophene rings is 1. The molecule has 0 atom stereocenters. The summed E-state index contributed by atoms with van der Waals surface area (Å²) in [6, 6.07) is 10.6. The molecule has 1 aliphatic heterocycles. The molecule has 1 aliphatic rings. The fraction of sp³-hybridized carbons (Fsp3) is 0.316. The summed E-state index contributed by atoms with van der Waals surface area (Å²) in [5.41, 5.74) is 0.587. The Bertz CT molecular complexity index is 835. The van der Waals surface area contributed by atoms with Crippen molar-refractivity contribution in [3.63, 3.8) is 0 Å². The zero-order valence-corrected chi connectivity index (χ0v) is 16.8. The van der Waals surface area contributed by atoms with E-state index >= 15 is 0 Å². The topological polar surface area (TPSA) is 81.8 Å². The van der Waals surface area contributed by atoms with Gasteiger partial charge in [0.25, 0.3) is 5.91 Å². The predicted octanol–water partition coefficient (Wildman–Crippen LogP) is 1.91. The van der Waals surface area contributed by atoms with Crippen LogP contribution in [-0.2, 0) is 9.59 Å². The van der Waals surface area contributed by atoms with E-state index in [2.05, 4.69) is 10.6 Å². The van der Waals surface area contributed by atoms with E-state index < -0.39 is 0 Å². The number of carbonyl (C=O) groups is 3. The summed E-state index contributed by atoms with van der Waals surface area (Å²) < 4.78 is 0. The average molecular weight is 421 g/mol. The van der Waals surface area contributed by atoms with E-state index in [-0.39, 0.29) is 30.8 Å². The second-order valence-corrected chi connectivity index (χ2v) is 7.70. The number of halogens is 1. The third-order valence-corrected chi connectivity index (χ3v) is 5.58. The third kappa shape index (κ3) is 5.54. The molecule has 0 radical (unpaired) electrons. The fourth-order valence-corrected chi connectivity index (χ4v) is 3.70. The van der Waals surface area contributed by atoms with Gasteiger partial charge in [0.05, 0.1) is 28.7 Å². The molecular weight excluding hydrogens is 400 g/mol. The van der Waals surface area contributed by atoms with Crippen LogP contribution in [0.2, 0.25) is 5.02 Å². The Morgan fingerprint density at radius 2 is 1.79 bits per heavy atom. The van der Waals surface area contributed by atoms with Gasteiger partial charge in [0.15, 0.2) is 0 Å². The molecule has 2 aromatic rings. The SMILES string of the molecule is O=C(CN1CCN(C(=O)CNC(=O)c2cccs2)CC1)Nc1ccccc1Cl. The maximum absolute atomic E-state index is 12.3. The highest BCUT2D eigenvalue weighted by atomic mass is 35.5. The Labute approximate surface area is 172 Å². The Kier molecular flexibility index (Phi) is 7.02. The molecule has 7 nitrogen and oxygen atoms in total. The van der Waals surface area contributed by atoms with Gasteiger partial charge < -0.3 is 15.5 Å². The molecule has 148 valence electrons. The monoisotopic (exact) mass is 420 g/mol. The molecule has 2 N–H and O–H groups in total. The van der Waals surface area contributed by atoms with Gasteiger partial charge in [-0.2, -0.15) is 0 Å². The first-order valence-corrected chi connectivity index (χ1v) is 10.1. The van der Waals surface area contributed by atoms with Crippen molar-refractivity contribution in [1.29, 1.82) is 0 Å². The molecule has 2 heterocycles. The van der Waals surface area contributed by atoms with Crippen LogP contribution < -0.4 is 10.6 Å². The van der Waals surface area contributed by atoms with Crippen molar-refractivity contribution in [2.75, 3.05) is 44.6 Å². The maximum Gasteiger partial charge on any atom is 0.261 e. The Morgan fingerprint density at radius 3 is 2.46 bits per heavy atom. The number of hydrogen-bond donors (Lipinski definition) is 2. The van der Waals surface area contributed by atoms with Crippen LogP contribution >= 0.6 is 22.9 Å². The molecule has 0 aliphatic carbocycles. The van der Waals surface area contributed by atoms with Gasteiger partial charge >= 0.3 is 0 Å². The van der Waals surface area contributed by atoms with E-state index in [9.17, 15) is 14.4 Å². The highest BCUT2D eigenvalue weighted by molar-refractivity contribution is 7.12. The Morgan fingerprint density at radius 1 is 1.04 bits per heavy atom. The van der Waals surface area contributed by atoms with Crippen LogP contribution in [0.15, 0.2) is 41.8 Å². The smallest absolute Gasteiger partial charge is 0.261 e. The van der Waals surface area contributed by atoms with E-state index in [0.29, 0.717) is 41.8 Å². The molecule has 0 saturated carbocycles. The lowest BCUT2D eigenvalue weighted by Gasteiger charge is -2.34. The summed E-state index contributed by atoms with van der Waals surface area (Å²) in [5.74, 6) is -0.501. The number of nitrogens with zero attached hydrogens (tertiary/aromatic N) is 2. The second-order valence-electron chi connectivity index (χ2n) is 6.34. The first-order chi connectivity index (χ1) is 13.5. The third-order valence-electron chi connectivity index (χ3n) is 4.39. The number of hydrogen-bond acceptors (Lipinski definition) is 5. The Balaban J connectivity index is 1.39. The number of anilines is 1.